The highest BCUT2D eigenvalue weighted by molar-refractivity contribution is 7.88. The van der Waals surface area contributed by atoms with Crippen molar-refractivity contribution >= 4 is 15.9 Å². The average Bonchev–Trinajstić information content (AvgIpc) is 3.25. The second kappa shape index (κ2) is 7.31. The molecule has 0 unspecified atom stereocenters. The third-order valence-corrected chi connectivity index (χ3v) is 8.35. The minimum Gasteiger partial charge on any atom is -0.340 e. The summed E-state index contributed by atoms with van der Waals surface area (Å²) < 4.78 is 26.8. The number of amides is 1. The number of carbonyl (C=O) groups is 1. The van der Waals surface area contributed by atoms with Crippen molar-refractivity contribution in [3.05, 3.63) is 35.9 Å². The van der Waals surface area contributed by atoms with Crippen LogP contribution in [0.1, 0.15) is 37.7 Å². The van der Waals surface area contributed by atoms with Gasteiger partial charge in [0.2, 0.25) is 15.9 Å². The van der Waals surface area contributed by atoms with Gasteiger partial charge in [-0.15, -0.1) is 0 Å². The Balaban J connectivity index is 1.29. The molecule has 1 aromatic rings. The van der Waals surface area contributed by atoms with Gasteiger partial charge in [-0.3, -0.25) is 4.79 Å². The van der Waals surface area contributed by atoms with E-state index in [0.29, 0.717) is 38.5 Å². The molecular weight excluding hydrogens is 348 g/mol. The Hall–Kier alpha value is -1.40. The van der Waals surface area contributed by atoms with Gasteiger partial charge in [0.15, 0.2) is 0 Å². The lowest BCUT2D eigenvalue weighted by Gasteiger charge is -2.35. The van der Waals surface area contributed by atoms with Crippen LogP contribution in [0.2, 0.25) is 0 Å². The van der Waals surface area contributed by atoms with Gasteiger partial charge in [-0.05, 0) is 42.6 Å². The first-order chi connectivity index (χ1) is 12.5. The topological polar surface area (TPSA) is 57.7 Å². The SMILES string of the molecule is O=C(C[C@@H]1C[C@H]2CC[C@@H]1C2)N1CCN(S(=O)(=O)Cc2ccccc2)CC1. The molecule has 6 heteroatoms. The Labute approximate surface area is 156 Å². The van der Waals surface area contributed by atoms with E-state index in [1.54, 1.807) is 4.31 Å². The number of carbonyl (C=O) groups excluding carboxylic acids is 1. The Morgan fingerprint density at radius 2 is 1.73 bits per heavy atom. The number of sulfonamides is 1. The van der Waals surface area contributed by atoms with Crippen molar-refractivity contribution in [3.63, 3.8) is 0 Å². The van der Waals surface area contributed by atoms with E-state index in [-0.39, 0.29) is 11.7 Å². The first kappa shape index (κ1) is 18.0. The average molecular weight is 377 g/mol. The summed E-state index contributed by atoms with van der Waals surface area (Å²) in [5.74, 6) is 2.45. The van der Waals surface area contributed by atoms with Crippen LogP contribution in [0.3, 0.4) is 0 Å². The van der Waals surface area contributed by atoms with Gasteiger partial charge in [-0.1, -0.05) is 36.8 Å². The normalized spacial score (nSPS) is 29.2. The fourth-order valence-corrected chi connectivity index (χ4v) is 6.59. The summed E-state index contributed by atoms with van der Waals surface area (Å²) in [5.41, 5.74) is 0.808. The zero-order valence-electron chi connectivity index (χ0n) is 15.2. The molecule has 3 fully saturated rings. The zero-order chi connectivity index (χ0) is 18.1. The monoisotopic (exact) mass is 376 g/mol. The van der Waals surface area contributed by atoms with Crippen molar-refractivity contribution in [2.24, 2.45) is 17.8 Å². The Morgan fingerprint density at radius 3 is 2.35 bits per heavy atom. The van der Waals surface area contributed by atoms with E-state index in [4.69, 9.17) is 0 Å². The van der Waals surface area contributed by atoms with Gasteiger partial charge in [0, 0.05) is 32.6 Å². The highest BCUT2D eigenvalue weighted by Crippen LogP contribution is 2.49. The smallest absolute Gasteiger partial charge is 0.222 e. The van der Waals surface area contributed by atoms with Gasteiger partial charge in [-0.2, -0.15) is 4.31 Å². The van der Waals surface area contributed by atoms with Crippen LogP contribution in [0, 0.1) is 17.8 Å². The van der Waals surface area contributed by atoms with Crippen molar-refractivity contribution in [1.82, 2.24) is 9.21 Å². The van der Waals surface area contributed by atoms with Crippen molar-refractivity contribution < 1.29 is 13.2 Å². The maximum atomic E-state index is 12.6. The third kappa shape index (κ3) is 3.81. The third-order valence-electron chi connectivity index (χ3n) is 6.50. The summed E-state index contributed by atoms with van der Waals surface area (Å²) in [6.07, 6.45) is 5.87. The molecule has 26 heavy (non-hydrogen) atoms. The largest absolute Gasteiger partial charge is 0.340 e. The lowest BCUT2D eigenvalue weighted by molar-refractivity contribution is -0.133. The lowest BCUT2D eigenvalue weighted by atomic mass is 9.86. The van der Waals surface area contributed by atoms with Crippen LogP contribution in [0.15, 0.2) is 30.3 Å². The highest BCUT2D eigenvalue weighted by Gasteiger charge is 2.41. The van der Waals surface area contributed by atoms with Gasteiger partial charge >= 0.3 is 0 Å². The van der Waals surface area contributed by atoms with E-state index in [2.05, 4.69) is 0 Å². The molecule has 1 aromatic carbocycles. The highest BCUT2D eigenvalue weighted by atomic mass is 32.2. The molecule has 3 atom stereocenters. The van der Waals surface area contributed by atoms with Crippen LogP contribution in [-0.2, 0) is 20.6 Å². The maximum Gasteiger partial charge on any atom is 0.222 e. The van der Waals surface area contributed by atoms with Crippen molar-refractivity contribution in [3.8, 4) is 0 Å². The number of hydrogen-bond acceptors (Lipinski definition) is 3. The molecule has 142 valence electrons. The molecule has 5 nitrogen and oxygen atoms in total. The molecule has 4 rings (SSSR count). The van der Waals surface area contributed by atoms with Crippen molar-refractivity contribution in [1.29, 1.82) is 0 Å². The number of nitrogens with zero attached hydrogens (tertiary/aromatic N) is 2. The molecule has 1 saturated heterocycles. The molecule has 0 aromatic heterocycles. The first-order valence-corrected chi connectivity index (χ1v) is 11.4. The Kier molecular flexibility index (Phi) is 5.06. The van der Waals surface area contributed by atoms with Crippen LogP contribution in [0.25, 0.3) is 0 Å². The molecule has 1 amide bonds. The van der Waals surface area contributed by atoms with Crippen molar-refractivity contribution in [2.45, 2.75) is 37.9 Å². The summed E-state index contributed by atoms with van der Waals surface area (Å²) in [6, 6.07) is 9.28. The Morgan fingerprint density at radius 1 is 1.00 bits per heavy atom. The zero-order valence-corrected chi connectivity index (χ0v) is 16.0. The van der Waals surface area contributed by atoms with Gasteiger partial charge in [-0.25, -0.2) is 8.42 Å². The second-order valence-electron chi connectivity index (χ2n) is 8.16. The minimum atomic E-state index is -3.32. The summed E-state index contributed by atoms with van der Waals surface area (Å²) in [7, 11) is -3.32. The number of hydrogen-bond donors (Lipinski definition) is 0. The molecule has 2 saturated carbocycles. The standard InChI is InChI=1S/C20H28N2O3S/c23-20(14-19-13-17-6-7-18(19)12-17)21-8-10-22(11-9-21)26(24,25)15-16-4-2-1-3-5-16/h1-5,17-19H,6-15H2/t17-,18+,19-/m0/s1. The van der Waals surface area contributed by atoms with E-state index in [1.165, 1.54) is 25.7 Å². The molecule has 0 N–H and O–H groups in total. The summed E-state index contributed by atoms with van der Waals surface area (Å²) in [4.78, 5) is 14.5. The summed E-state index contributed by atoms with van der Waals surface area (Å²) in [6.45, 7) is 1.87. The van der Waals surface area contributed by atoms with Gasteiger partial charge in [0.1, 0.15) is 0 Å². The molecule has 0 spiro atoms. The van der Waals surface area contributed by atoms with E-state index in [9.17, 15) is 13.2 Å². The van der Waals surface area contributed by atoms with Crippen LogP contribution in [-0.4, -0.2) is 49.7 Å². The fourth-order valence-electron chi connectivity index (χ4n) is 5.07. The first-order valence-electron chi connectivity index (χ1n) is 9.81. The van der Waals surface area contributed by atoms with E-state index in [1.807, 2.05) is 35.2 Å². The Bertz CT molecular complexity index is 742. The predicted octanol–water partition coefficient (Wildman–Crippen LogP) is 2.49. The lowest BCUT2D eigenvalue weighted by Crippen LogP contribution is -2.51. The number of rotatable bonds is 5. The molecule has 1 aliphatic heterocycles. The van der Waals surface area contributed by atoms with Crippen LogP contribution in [0.5, 0.6) is 0 Å². The second-order valence-corrected chi connectivity index (χ2v) is 10.1. The maximum absolute atomic E-state index is 12.6. The van der Waals surface area contributed by atoms with Crippen LogP contribution in [0.4, 0.5) is 0 Å². The molecule has 2 bridgehead atoms. The van der Waals surface area contributed by atoms with E-state index < -0.39 is 10.0 Å². The van der Waals surface area contributed by atoms with E-state index >= 15 is 0 Å². The van der Waals surface area contributed by atoms with Crippen molar-refractivity contribution in [2.75, 3.05) is 26.2 Å². The molecular formula is C20H28N2O3S. The van der Waals surface area contributed by atoms with Crippen LogP contribution >= 0.6 is 0 Å². The number of piperazine rings is 1. The van der Waals surface area contributed by atoms with Gasteiger partial charge < -0.3 is 4.90 Å². The molecule has 0 radical (unpaired) electrons. The number of fused-ring (bicyclic) bond motifs is 2. The molecule has 3 aliphatic rings. The molecule has 2 aliphatic carbocycles. The summed E-state index contributed by atoms with van der Waals surface area (Å²) in [5, 5.41) is 0. The minimum absolute atomic E-state index is 0.0347. The quantitative estimate of drug-likeness (QED) is 0.793. The van der Waals surface area contributed by atoms with Crippen LogP contribution < -0.4 is 0 Å². The van der Waals surface area contributed by atoms with E-state index in [0.717, 1.165) is 17.4 Å². The fraction of sp³-hybridized carbons (Fsp3) is 0.650. The summed E-state index contributed by atoms with van der Waals surface area (Å²) >= 11 is 0. The number of benzene rings is 1. The predicted molar refractivity (Wildman–Crippen MR) is 101 cm³/mol. The van der Waals surface area contributed by atoms with Gasteiger partial charge in [0.05, 0.1) is 5.75 Å². The van der Waals surface area contributed by atoms with Gasteiger partial charge in [0.25, 0.3) is 0 Å². The molecule has 1 heterocycles.